The van der Waals surface area contributed by atoms with E-state index >= 15 is 0 Å². The molecule has 2 aromatic rings. The lowest BCUT2D eigenvalue weighted by Gasteiger charge is -2.11. The van der Waals surface area contributed by atoms with Crippen LogP contribution in [0.4, 0.5) is 0 Å². The molecule has 0 aromatic heterocycles. The van der Waals surface area contributed by atoms with Gasteiger partial charge in [-0.1, -0.05) is 16.8 Å². The lowest BCUT2D eigenvalue weighted by Crippen LogP contribution is -2.12. The standard InChI is InChI=1S/C14H12BrClN2O3/c1-20-9-3-5-12(10(15)7-9)21-13-4-2-8(6-11(13)16)14(17)18-19/h2-7,19H,1H3,(H2,17,18). The van der Waals surface area contributed by atoms with Crippen LogP contribution in [0, 0.1) is 0 Å². The van der Waals surface area contributed by atoms with Gasteiger partial charge in [0.05, 0.1) is 16.6 Å². The molecule has 21 heavy (non-hydrogen) atoms. The predicted molar refractivity (Wildman–Crippen MR) is 84.7 cm³/mol. The van der Waals surface area contributed by atoms with E-state index in [2.05, 4.69) is 21.1 Å². The SMILES string of the molecule is COc1ccc(Oc2ccc(/C(N)=N/O)cc2Cl)c(Br)c1. The number of benzene rings is 2. The van der Waals surface area contributed by atoms with Crippen LogP contribution in [0.15, 0.2) is 46.0 Å². The molecule has 0 amide bonds. The van der Waals surface area contributed by atoms with E-state index in [1.807, 2.05) is 0 Å². The summed E-state index contributed by atoms with van der Waals surface area (Å²) < 4.78 is 11.6. The first-order chi connectivity index (χ1) is 10.0. The smallest absolute Gasteiger partial charge is 0.170 e. The minimum absolute atomic E-state index is 0.0194. The number of amidine groups is 1. The average molecular weight is 372 g/mol. The van der Waals surface area contributed by atoms with Crippen molar-refractivity contribution in [2.45, 2.75) is 0 Å². The number of nitrogens with zero attached hydrogens (tertiary/aromatic N) is 1. The van der Waals surface area contributed by atoms with Gasteiger partial charge in [0, 0.05) is 5.56 Å². The van der Waals surface area contributed by atoms with Gasteiger partial charge in [-0.05, 0) is 52.3 Å². The Hall–Kier alpha value is -1.92. The van der Waals surface area contributed by atoms with Gasteiger partial charge in [-0.15, -0.1) is 0 Å². The summed E-state index contributed by atoms with van der Waals surface area (Å²) in [6.07, 6.45) is 0. The van der Waals surface area contributed by atoms with Crippen molar-refractivity contribution in [1.82, 2.24) is 0 Å². The van der Waals surface area contributed by atoms with Crippen LogP contribution in [0.2, 0.25) is 5.02 Å². The highest BCUT2D eigenvalue weighted by Gasteiger charge is 2.09. The molecule has 0 aliphatic rings. The zero-order chi connectivity index (χ0) is 15.4. The maximum atomic E-state index is 8.64. The second kappa shape index (κ2) is 6.69. The van der Waals surface area contributed by atoms with E-state index in [1.165, 1.54) is 0 Å². The minimum atomic E-state index is -0.0194. The first-order valence-electron chi connectivity index (χ1n) is 5.84. The van der Waals surface area contributed by atoms with E-state index in [0.717, 1.165) is 4.47 Å². The lowest BCUT2D eigenvalue weighted by atomic mass is 10.2. The van der Waals surface area contributed by atoms with Crippen LogP contribution < -0.4 is 15.2 Å². The fourth-order valence-electron chi connectivity index (χ4n) is 1.61. The molecule has 5 nitrogen and oxygen atoms in total. The van der Waals surface area contributed by atoms with Crippen molar-refractivity contribution in [2.24, 2.45) is 10.9 Å². The maximum Gasteiger partial charge on any atom is 0.170 e. The van der Waals surface area contributed by atoms with Crippen molar-refractivity contribution in [3.63, 3.8) is 0 Å². The normalized spacial score (nSPS) is 11.3. The van der Waals surface area contributed by atoms with Crippen molar-refractivity contribution in [3.8, 4) is 17.2 Å². The molecule has 0 aliphatic carbocycles. The van der Waals surface area contributed by atoms with E-state index < -0.39 is 0 Å². The first kappa shape index (κ1) is 15.5. The van der Waals surface area contributed by atoms with Crippen LogP contribution >= 0.6 is 27.5 Å². The monoisotopic (exact) mass is 370 g/mol. The van der Waals surface area contributed by atoms with Gasteiger partial charge in [-0.2, -0.15) is 0 Å². The Balaban J connectivity index is 2.28. The minimum Gasteiger partial charge on any atom is -0.497 e. The van der Waals surface area contributed by atoms with E-state index in [-0.39, 0.29) is 5.84 Å². The number of methoxy groups -OCH3 is 1. The van der Waals surface area contributed by atoms with Gasteiger partial charge in [0.2, 0.25) is 0 Å². The summed E-state index contributed by atoms with van der Waals surface area (Å²) in [6, 6.07) is 10.2. The third-order valence-electron chi connectivity index (χ3n) is 2.69. The Morgan fingerprint density at radius 2 is 1.95 bits per heavy atom. The van der Waals surface area contributed by atoms with Gasteiger partial charge in [-0.25, -0.2) is 0 Å². The molecule has 3 N–H and O–H groups in total. The lowest BCUT2D eigenvalue weighted by molar-refractivity contribution is 0.318. The fourth-order valence-corrected chi connectivity index (χ4v) is 2.27. The third-order valence-corrected chi connectivity index (χ3v) is 3.61. The van der Waals surface area contributed by atoms with Crippen LogP contribution in [0.5, 0.6) is 17.2 Å². The topological polar surface area (TPSA) is 77.1 Å². The molecule has 0 radical (unpaired) electrons. The second-order valence-corrected chi connectivity index (χ2v) is 5.29. The van der Waals surface area contributed by atoms with Gasteiger partial charge < -0.3 is 20.4 Å². The molecule has 0 bridgehead atoms. The molecule has 0 unspecified atom stereocenters. The summed E-state index contributed by atoms with van der Waals surface area (Å²) >= 11 is 9.53. The van der Waals surface area contributed by atoms with Crippen LogP contribution in [0.1, 0.15) is 5.56 Å². The Morgan fingerprint density at radius 3 is 2.52 bits per heavy atom. The zero-order valence-electron chi connectivity index (χ0n) is 11.0. The molecular formula is C14H12BrClN2O3. The zero-order valence-corrected chi connectivity index (χ0v) is 13.4. The van der Waals surface area contributed by atoms with Crippen LogP contribution in [0.3, 0.4) is 0 Å². The predicted octanol–water partition coefficient (Wildman–Crippen LogP) is 4.00. The summed E-state index contributed by atoms with van der Waals surface area (Å²) in [6.45, 7) is 0. The van der Waals surface area contributed by atoms with Gasteiger partial charge >= 0.3 is 0 Å². The van der Waals surface area contributed by atoms with Crippen molar-refractivity contribution < 1.29 is 14.7 Å². The van der Waals surface area contributed by atoms with Crippen LogP contribution in [-0.4, -0.2) is 18.2 Å². The number of rotatable bonds is 4. The molecule has 7 heteroatoms. The van der Waals surface area contributed by atoms with Gasteiger partial charge in [-0.3, -0.25) is 0 Å². The van der Waals surface area contributed by atoms with Gasteiger partial charge in [0.25, 0.3) is 0 Å². The molecule has 2 aromatic carbocycles. The van der Waals surface area contributed by atoms with E-state index in [0.29, 0.717) is 27.8 Å². The highest BCUT2D eigenvalue weighted by molar-refractivity contribution is 9.10. The average Bonchev–Trinajstić information content (AvgIpc) is 2.50. The molecule has 2 rings (SSSR count). The van der Waals surface area contributed by atoms with Gasteiger partial charge in [0.15, 0.2) is 5.84 Å². The third kappa shape index (κ3) is 3.59. The number of hydrogen-bond donors (Lipinski definition) is 2. The van der Waals surface area contributed by atoms with Gasteiger partial charge in [0.1, 0.15) is 17.2 Å². The molecule has 0 spiro atoms. The Bertz CT molecular complexity index is 692. The summed E-state index contributed by atoms with van der Waals surface area (Å²) in [5, 5.41) is 11.9. The van der Waals surface area contributed by atoms with Crippen LogP contribution in [-0.2, 0) is 0 Å². The Morgan fingerprint density at radius 1 is 1.24 bits per heavy atom. The van der Waals surface area contributed by atoms with Crippen molar-refractivity contribution in [1.29, 1.82) is 0 Å². The summed E-state index contributed by atoms with van der Waals surface area (Å²) in [4.78, 5) is 0. The number of halogens is 2. The molecule has 0 atom stereocenters. The van der Waals surface area contributed by atoms with Crippen molar-refractivity contribution in [3.05, 3.63) is 51.5 Å². The molecule has 0 saturated carbocycles. The summed E-state index contributed by atoms with van der Waals surface area (Å²) in [5.74, 6) is 1.74. The van der Waals surface area contributed by atoms with E-state index in [4.69, 9.17) is 32.0 Å². The van der Waals surface area contributed by atoms with Crippen LogP contribution in [0.25, 0.3) is 0 Å². The Labute approximate surface area is 135 Å². The summed E-state index contributed by atoms with van der Waals surface area (Å²) in [5.41, 5.74) is 6.00. The number of nitrogens with two attached hydrogens (primary N) is 1. The quantitative estimate of drug-likeness (QED) is 0.368. The molecule has 110 valence electrons. The first-order valence-corrected chi connectivity index (χ1v) is 7.01. The molecular weight excluding hydrogens is 360 g/mol. The second-order valence-electron chi connectivity index (χ2n) is 4.03. The largest absolute Gasteiger partial charge is 0.497 e. The fraction of sp³-hybridized carbons (Fsp3) is 0.0714. The molecule has 0 fully saturated rings. The number of ether oxygens (including phenoxy) is 2. The maximum absolute atomic E-state index is 8.64. The number of hydrogen-bond acceptors (Lipinski definition) is 4. The van der Waals surface area contributed by atoms with E-state index in [9.17, 15) is 0 Å². The van der Waals surface area contributed by atoms with Crippen molar-refractivity contribution in [2.75, 3.05) is 7.11 Å². The molecule has 0 heterocycles. The van der Waals surface area contributed by atoms with Crippen molar-refractivity contribution >= 4 is 33.4 Å². The molecule has 0 saturated heterocycles. The number of oxime groups is 1. The summed E-state index contributed by atoms with van der Waals surface area (Å²) in [7, 11) is 1.59. The highest BCUT2D eigenvalue weighted by Crippen LogP contribution is 2.35. The van der Waals surface area contributed by atoms with E-state index in [1.54, 1.807) is 43.5 Å². The molecule has 0 aliphatic heterocycles. The highest BCUT2D eigenvalue weighted by atomic mass is 79.9. The Kier molecular flexibility index (Phi) is 4.93.